The first-order valence-electron chi connectivity index (χ1n) is 12.5. The van der Waals surface area contributed by atoms with Crippen LogP contribution >= 0.6 is 12.2 Å². The highest BCUT2D eigenvalue weighted by Crippen LogP contribution is 2.25. The van der Waals surface area contributed by atoms with Gasteiger partial charge in [0.2, 0.25) is 0 Å². The molecule has 4 N–H and O–H groups in total. The minimum Gasteiger partial charge on any atom is -0.351 e. The second-order valence-electron chi connectivity index (χ2n) is 9.58. The number of amides is 2. The van der Waals surface area contributed by atoms with Crippen molar-refractivity contribution in [1.29, 1.82) is 0 Å². The number of fused-ring (bicyclic) bond motifs is 1. The van der Waals surface area contributed by atoms with E-state index in [2.05, 4.69) is 30.6 Å². The molecule has 37 heavy (non-hydrogen) atoms. The Morgan fingerprint density at radius 1 is 1.08 bits per heavy atom. The highest BCUT2D eigenvalue weighted by Gasteiger charge is 2.15. The predicted molar refractivity (Wildman–Crippen MR) is 147 cm³/mol. The molecule has 0 atom stereocenters. The Bertz CT molecular complexity index is 1510. The van der Waals surface area contributed by atoms with Gasteiger partial charge in [0, 0.05) is 49.2 Å². The maximum Gasteiger partial charge on any atom is 0.257 e. The average molecular weight is 518 g/mol. The SMILES string of the molecule is Cc1ccc(C(=O)NCCN2CCCCC2)cc1NC(=O)c1cnc2[nH]c(-c3cn(C)[nH]c3=S)cc2c1. The van der Waals surface area contributed by atoms with Gasteiger partial charge in [0.1, 0.15) is 10.3 Å². The molecular formula is C27H31N7O2S. The number of anilines is 1. The summed E-state index contributed by atoms with van der Waals surface area (Å²) >= 11 is 5.38. The van der Waals surface area contributed by atoms with Gasteiger partial charge >= 0.3 is 0 Å². The molecule has 0 saturated carbocycles. The molecule has 192 valence electrons. The van der Waals surface area contributed by atoms with Crippen LogP contribution in [0.4, 0.5) is 5.69 Å². The minimum absolute atomic E-state index is 0.144. The molecule has 1 aliphatic heterocycles. The van der Waals surface area contributed by atoms with Crippen LogP contribution in [-0.4, -0.2) is 62.6 Å². The third-order valence-corrected chi connectivity index (χ3v) is 7.09. The number of carbonyl (C=O) groups is 2. The van der Waals surface area contributed by atoms with Crippen molar-refractivity contribution in [1.82, 2.24) is 30.0 Å². The summed E-state index contributed by atoms with van der Waals surface area (Å²) in [4.78, 5) is 35.9. The van der Waals surface area contributed by atoms with Gasteiger partial charge in [0.05, 0.1) is 16.8 Å². The van der Waals surface area contributed by atoms with Crippen molar-refractivity contribution in [3.05, 3.63) is 64.1 Å². The second kappa shape index (κ2) is 10.7. The molecule has 9 nitrogen and oxygen atoms in total. The Kier molecular flexibility index (Phi) is 7.20. The average Bonchev–Trinajstić information content (AvgIpc) is 3.47. The maximum atomic E-state index is 13.1. The van der Waals surface area contributed by atoms with E-state index in [1.54, 1.807) is 22.9 Å². The van der Waals surface area contributed by atoms with Gasteiger partial charge in [-0.05, 0) is 62.7 Å². The minimum atomic E-state index is -0.292. The fraction of sp³-hybridized carbons (Fsp3) is 0.333. The number of hydrogen-bond donors (Lipinski definition) is 4. The van der Waals surface area contributed by atoms with Crippen molar-refractivity contribution >= 4 is 40.8 Å². The van der Waals surface area contributed by atoms with Crippen LogP contribution in [0.15, 0.2) is 42.7 Å². The number of aromatic amines is 2. The number of aromatic nitrogens is 4. The van der Waals surface area contributed by atoms with Crippen LogP contribution in [0, 0.1) is 11.6 Å². The van der Waals surface area contributed by atoms with Crippen molar-refractivity contribution in [2.75, 3.05) is 31.5 Å². The molecular weight excluding hydrogens is 486 g/mol. The summed E-state index contributed by atoms with van der Waals surface area (Å²) in [7, 11) is 1.87. The van der Waals surface area contributed by atoms with Crippen molar-refractivity contribution in [3.63, 3.8) is 0 Å². The number of carbonyl (C=O) groups excluding carboxylic acids is 2. The first-order chi connectivity index (χ1) is 17.9. The Morgan fingerprint density at radius 3 is 2.65 bits per heavy atom. The number of nitrogens with zero attached hydrogens (tertiary/aromatic N) is 3. The largest absolute Gasteiger partial charge is 0.351 e. The smallest absolute Gasteiger partial charge is 0.257 e. The summed E-state index contributed by atoms with van der Waals surface area (Å²) in [5, 5.41) is 9.80. The van der Waals surface area contributed by atoms with Crippen molar-refractivity contribution in [2.24, 2.45) is 7.05 Å². The van der Waals surface area contributed by atoms with E-state index in [4.69, 9.17) is 12.2 Å². The molecule has 2 amide bonds. The zero-order chi connectivity index (χ0) is 25.9. The van der Waals surface area contributed by atoms with Gasteiger partial charge in [0.25, 0.3) is 11.8 Å². The van der Waals surface area contributed by atoms with E-state index >= 15 is 0 Å². The third kappa shape index (κ3) is 5.65. The molecule has 0 bridgehead atoms. The van der Waals surface area contributed by atoms with E-state index in [-0.39, 0.29) is 11.8 Å². The molecule has 1 fully saturated rings. The van der Waals surface area contributed by atoms with Crippen LogP contribution in [0.1, 0.15) is 45.5 Å². The summed E-state index contributed by atoms with van der Waals surface area (Å²) in [5.74, 6) is -0.436. The summed E-state index contributed by atoms with van der Waals surface area (Å²) in [6.45, 7) is 5.56. The number of aryl methyl sites for hydroxylation is 2. The normalized spacial score (nSPS) is 14.1. The molecule has 4 heterocycles. The van der Waals surface area contributed by atoms with Gasteiger partial charge in [-0.3, -0.25) is 19.4 Å². The molecule has 1 aromatic carbocycles. The van der Waals surface area contributed by atoms with Crippen LogP contribution in [0.3, 0.4) is 0 Å². The molecule has 1 saturated heterocycles. The lowest BCUT2D eigenvalue weighted by molar-refractivity contribution is 0.0945. The number of piperidine rings is 1. The van der Waals surface area contributed by atoms with Crippen molar-refractivity contribution < 1.29 is 9.59 Å². The Labute approximate surface area is 220 Å². The van der Waals surface area contributed by atoms with Gasteiger partial charge in [-0.25, -0.2) is 4.98 Å². The summed E-state index contributed by atoms with van der Waals surface area (Å²) in [6, 6.07) is 9.07. The van der Waals surface area contributed by atoms with Gasteiger partial charge in [-0.1, -0.05) is 24.7 Å². The van der Waals surface area contributed by atoms with Crippen LogP contribution in [-0.2, 0) is 7.05 Å². The van der Waals surface area contributed by atoms with E-state index in [1.165, 1.54) is 25.5 Å². The van der Waals surface area contributed by atoms with E-state index in [1.807, 2.05) is 32.3 Å². The fourth-order valence-electron chi connectivity index (χ4n) is 4.69. The van der Waals surface area contributed by atoms with Crippen LogP contribution in [0.25, 0.3) is 22.3 Å². The number of likely N-dealkylation sites (tertiary alicyclic amines) is 1. The lowest BCUT2D eigenvalue weighted by Gasteiger charge is -2.26. The Hall–Kier alpha value is -3.76. The number of nitrogens with one attached hydrogen (secondary N) is 4. The number of rotatable bonds is 7. The number of H-pyrrole nitrogens is 2. The van der Waals surface area contributed by atoms with E-state index < -0.39 is 0 Å². The molecule has 10 heteroatoms. The zero-order valence-corrected chi connectivity index (χ0v) is 21.9. The van der Waals surface area contributed by atoms with Crippen LogP contribution < -0.4 is 10.6 Å². The Balaban J connectivity index is 1.27. The van der Waals surface area contributed by atoms with Gasteiger partial charge in [0.15, 0.2) is 0 Å². The molecule has 1 aliphatic rings. The monoisotopic (exact) mass is 517 g/mol. The lowest BCUT2D eigenvalue weighted by Crippen LogP contribution is -2.37. The quantitative estimate of drug-likeness (QED) is 0.272. The first-order valence-corrected chi connectivity index (χ1v) is 13.0. The second-order valence-corrected chi connectivity index (χ2v) is 9.99. The van der Waals surface area contributed by atoms with Gasteiger partial charge in [-0.2, -0.15) is 0 Å². The third-order valence-electron chi connectivity index (χ3n) is 6.78. The molecule has 0 unspecified atom stereocenters. The number of hydrogen-bond acceptors (Lipinski definition) is 5. The molecule has 4 aromatic rings. The van der Waals surface area contributed by atoms with E-state index in [9.17, 15) is 9.59 Å². The fourth-order valence-corrected chi connectivity index (χ4v) is 4.99. The zero-order valence-electron chi connectivity index (χ0n) is 21.1. The van der Waals surface area contributed by atoms with Gasteiger partial charge < -0.3 is 20.5 Å². The highest BCUT2D eigenvalue weighted by atomic mass is 32.1. The topological polar surface area (TPSA) is 111 Å². The number of benzene rings is 1. The maximum absolute atomic E-state index is 13.1. The standard InChI is InChI=1S/C27H31N7O2S/c1-17-6-7-18(25(35)28-8-11-34-9-4-3-5-10-34)13-22(17)31-26(36)20-12-19-14-23(30-24(19)29-15-20)21-16-33(2)32-27(21)37/h6-7,12-16H,3-5,8-11H2,1-2H3,(H,28,35)(H,29,30)(H,31,36)(H,32,37). The number of pyridine rings is 1. The summed E-state index contributed by atoms with van der Waals surface area (Å²) < 4.78 is 2.42. The van der Waals surface area contributed by atoms with Crippen molar-refractivity contribution in [3.8, 4) is 11.3 Å². The van der Waals surface area contributed by atoms with E-state index in [0.29, 0.717) is 33.6 Å². The van der Waals surface area contributed by atoms with E-state index in [0.717, 1.165) is 41.8 Å². The molecule has 0 spiro atoms. The Morgan fingerprint density at radius 2 is 1.89 bits per heavy atom. The lowest BCUT2D eigenvalue weighted by atomic mass is 10.1. The highest BCUT2D eigenvalue weighted by molar-refractivity contribution is 7.71. The van der Waals surface area contributed by atoms with Gasteiger partial charge in [-0.15, -0.1) is 0 Å². The molecule has 0 aliphatic carbocycles. The molecule has 5 rings (SSSR count). The van der Waals surface area contributed by atoms with Crippen molar-refractivity contribution in [2.45, 2.75) is 26.2 Å². The first kappa shape index (κ1) is 24.9. The molecule has 3 aromatic heterocycles. The predicted octanol–water partition coefficient (Wildman–Crippen LogP) is 4.40. The summed E-state index contributed by atoms with van der Waals surface area (Å²) in [5.41, 5.74) is 4.77. The molecule has 0 radical (unpaired) electrons. The van der Waals surface area contributed by atoms with Crippen LogP contribution in [0.2, 0.25) is 0 Å². The summed E-state index contributed by atoms with van der Waals surface area (Å²) in [6.07, 6.45) is 7.18. The van der Waals surface area contributed by atoms with Crippen LogP contribution in [0.5, 0.6) is 0 Å².